The summed E-state index contributed by atoms with van der Waals surface area (Å²) in [5, 5.41) is 8.11. The summed E-state index contributed by atoms with van der Waals surface area (Å²) in [5.74, 6) is -0.628. The number of sulfone groups is 1. The molecule has 3 nitrogen and oxygen atoms in total. The Morgan fingerprint density at radius 2 is 1.79 bits per heavy atom. The number of benzene rings is 1. The molecule has 0 aliphatic heterocycles. The second kappa shape index (κ2) is 3.72. The summed E-state index contributed by atoms with van der Waals surface area (Å²) in [6.07, 6.45) is 0. The van der Waals surface area contributed by atoms with E-state index in [0.717, 1.165) is 30.3 Å². The van der Waals surface area contributed by atoms with Gasteiger partial charge in [0.05, 0.1) is 4.90 Å². The molecule has 6 heteroatoms. The van der Waals surface area contributed by atoms with Gasteiger partial charge in [0.25, 0.3) is 5.50 Å². The normalized spacial score (nSPS) is 13.2. The first-order valence-corrected chi connectivity index (χ1v) is 5.06. The molecular weight excluding hydrogens is 212 g/mol. The van der Waals surface area contributed by atoms with Gasteiger partial charge in [0, 0.05) is 0 Å². The van der Waals surface area contributed by atoms with Crippen molar-refractivity contribution in [3.63, 3.8) is 0 Å². The van der Waals surface area contributed by atoms with Crippen LogP contribution in [-0.2, 0) is 9.84 Å². The van der Waals surface area contributed by atoms with E-state index in [0.29, 0.717) is 0 Å². The first-order chi connectivity index (χ1) is 6.48. The van der Waals surface area contributed by atoms with Crippen LogP contribution in [0, 0.1) is 17.1 Å². The molecule has 0 amide bonds. The summed E-state index contributed by atoms with van der Waals surface area (Å²) in [6.45, 7) is 0. The zero-order valence-corrected chi connectivity index (χ0v) is 7.63. The van der Waals surface area contributed by atoms with E-state index in [9.17, 15) is 17.2 Å². The molecule has 0 fully saturated rings. The molecule has 0 spiro atoms. The summed E-state index contributed by atoms with van der Waals surface area (Å²) in [7, 11) is -4.30. The molecular formula is C8H5F2NO2S. The van der Waals surface area contributed by atoms with Crippen molar-refractivity contribution >= 4 is 9.84 Å². The van der Waals surface area contributed by atoms with Crippen molar-refractivity contribution in [3.8, 4) is 6.07 Å². The Balaban J connectivity index is 3.19. The highest BCUT2D eigenvalue weighted by atomic mass is 32.2. The summed E-state index contributed by atoms with van der Waals surface area (Å²) < 4.78 is 47.4. The van der Waals surface area contributed by atoms with Crippen molar-refractivity contribution in [3.05, 3.63) is 30.1 Å². The number of hydrogen-bond acceptors (Lipinski definition) is 3. The summed E-state index contributed by atoms with van der Waals surface area (Å²) >= 11 is 0. The van der Waals surface area contributed by atoms with E-state index in [-0.39, 0.29) is 0 Å². The highest BCUT2D eigenvalue weighted by Gasteiger charge is 2.26. The molecule has 0 aliphatic rings. The highest BCUT2D eigenvalue weighted by Crippen LogP contribution is 2.16. The van der Waals surface area contributed by atoms with Crippen LogP contribution in [-0.4, -0.2) is 13.9 Å². The number of rotatable bonds is 2. The second-order valence-electron chi connectivity index (χ2n) is 2.44. The molecule has 0 aliphatic carbocycles. The van der Waals surface area contributed by atoms with Gasteiger partial charge in [-0.25, -0.2) is 17.2 Å². The van der Waals surface area contributed by atoms with Gasteiger partial charge in [0.1, 0.15) is 11.9 Å². The molecule has 0 N–H and O–H groups in total. The van der Waals surface area contributed by atoms with E-state index in [2.05, 4.69) is 0 Å². The lowest BCUT2D eigenvalue weighted by molar-refractivity contribution is 0.480. The quantitative estimate of drug-likeness (QED) is 0.704. The van der Waals surface area contributed by atoms with Crippen LogP contribution in [0.5, 0.6) is 0 Å². The zero-order chi connectivity index (χ0) is 10.8. The third-order valence-corrected chi connectivity index (χ3v) is 3.10. The highest BCUT2D eigenvalue weighted by molar-refractivity contribution is 7.92. The Kier molecular flexibility index (Phi) is 2.81. The molecule has 1 aromatic rings. The fourth-order valence-corrected chi connectivity index (χ4v) is 1.71. The van der Waals surface area contributed by atoms with Crippen LogP contribution in [0.2, 0.25) is 0 Å². The van der Waals surface area contributed by atoms with Crippen molar-refractivity contribution in [2.24, 2.45) is 0 Å². The van der Waals surface area contributed by atoms with Gasteiger partial charge in [0.15, 0.2) is 0 Å². The predicted octanol–water partition coefficient (Wildman–Crippen LogP) is 1.42. The number of alkyl halides is 1. The zero-order valence-electron chi connectivity index (χ0n) is 6.81. The smallest absolute Gasteiger partial charge is 0.220 e. The Labute approximate surface area is 79.5 Å². The Bertz CT molecular complexity index is 461. The van der Waals surface area contributed by atoms with Crippen LogP contribution in [0.25, 0.3) is 0 Å². The van der Waals surface area contributed by atoms with E-state index >= 15 is 0 Å². The van der Waals surface area contributed by atoms with Gasteiger partial charge in [0.2, 0.25) is 9.84 Å². The predicted molar refractivity (Wildman–Crippen MR) is 44.1 cm³/mol. The Morgan fingerprint density at radius 1 is 1.29 bits per heavy atom. The van der Waals surface area contributed by atoms with Crippen molar-refractivity contribution < 1.29 is 17.2 Å². The molecule has 0 heterocycles. The topological polar surface area (TPSA) is 57.9 Å². The molecule has 1 atom stereocenters. The lowest BCUT2D eigenvalue weighted by Crippen LogP contribution is -2.14. The van der Waals surface area contributed by atoms with Gasteiger partial charge in [-0.05, 0) is 24.3 Å². The number of hydrogen-bond donors (Lipinski definition) is 0. The molecule has 0 saturated carbocycles. The summed E-state index contributed by atoms with van der Waals surface area (Å²) in [6, 6.07) is 4.56. The Morgan fingerprint density at radius 3 is 2.21 bits per heavy atom. The van der Waals surface area contributed by atoms with E-state index in [1.165, 1.54) is 0 Å². The van der Waals surface area contributed by atoms with Gasteiger partial charge in [-0.15, -0.1) is 0 Å². The first kappa shape index (κ1) is 10.6. The fraction of sp³-hybridized carbons (Fsp3) is 0.125. The molecule has 0 radical (unpaired) electrons. The van der Waals surface area contributed by atoms with Gasteiger partial charge in [-0.1, -0.05) is 0 Å². The minimum Gasteiger partial charge on any atom is -0.220 e. The minimum absolute atomic E-state index is 0.409. The third-order valence-electron chi connectivity index (χ3n) is 1.52. The van der Waals surface area contributed by atoms with Gasteiger partial charge >= 0.3 is 0 Å². The minimum atomic E-state index is -4.30. The summed E-state index contributed by atoms with van der Waals surface area (Å²) in [4.78, 5) is -0.409. The van der Waals surface area contributed by atoms with E-state index < -0.39 is 26.1 Å². The lowest BCUT2D eigenvalue weighted by atomic mass is 10.4. The SMILES string of the molecule is N#CC(F)S(=O)(=O)c1ccc(F)cc1. The number of nitrogens with zero attached hydrogens (tertiary/aromatic N) is 1. The number of halogens is 2. The first-order valence-electron chi connectivity index (χ1n) is 3.51. The maximum Gasteiger partial charge on any atom is 0.289 e. The summed E-state index contributed by atoms with van der Waals surface area (Å²) in [5.41, 5.74) is -2.62. The van der Waals surface area contributed by atoms with Crippen LogP contribution in [0.3, 0.4) is 0 Å². The van der Waals surface area contributed by atoms with Crippen LogP contribution in [0.1, 0.15) is 0 Å². The average Bonchev–Trinajstić information content (AvgIpc) is 2.17. The van der Waals surface area contributed by atoms with Crippen molar-refractivity contribution in [1.82, 2.24) is 0 Å². The van der Waals surface area contributed by atoms with Gasteiger partial charge < -0.3 is 0 Å². The van der Waals surface area contributed by atoms with Crippen molar-refractivity contribution in [1.29, 1.82) is 5.26 Å². The van der Waals surface area contributed by atoms with Crippen molar-refractivity contribution in [2.75, 3.05) is 0 Å². The molecule has 74 valence electrons. The van der Waals surface area contributed by atoms with Crippen LogP contribution in [0.15, 0.2) is 29.2 Å². The average molecular weight is 217 g/mol. The van der Waals surface area contributed by atoms with Gasteiger partial charge in [-0.3, -0.25) is 0 Å². The standard InChI is InChI=1S/C8H5F2NO2S/c9-6-1-3-7(4-2-6)14(12,13)8(10)5-11/h1-4,8H. The molecule has 0 saturated heterocycles. The molecule has 0 aromatic heterocycles. The molecule has 0 bridgehead atoms. The fourth-order valence-electron chi connectivity index (χ4n) is 0.813. The monoisotopic (exact) mass is 217 g/mol. The maximum atomic E-state index is 12.7. The largest absolute Gasteiger partial charge is 0.289 e. The van der Waals surface area contributed by atoms with Gasteiger partial charge in [-0.2, -0.15) is 5.26 Å². The third kappa shape index (κ3) is 1.88. The van der Waals surface area contributed by atoms with Crippen LogP contribution < -0.4 is 0 Å². The van der Waals surface area contributed by atoms with E-state index in [4.69, 9.17) is 5.26 Å². The van der Waals surface area contributed by atoms with Crippen LogP contribution >= 0.6 is 0 Å². The lowest BCUT2D eigenvalue weighted by Gasteiger charge is -2.02. The molecule has 1 aromatic carbocycles. The molecule has 1 unspecified atom stereocenters. The molecule has 14 heavy (non-hydrogen) atoms. The van der Waals surface area contributed by atoms with Crippen molar-refractivity contribution in [2.45, 2.75) is 10.4 Å². The molecule has 1 rings (SSSR count). The van der Waals surface area contributed by atoms with E-state index in [1.807, 2.05) is 0 Å². The Hall–Kier alpha value is -1.48. The number of nitriles is 1. The van der Waals surface area contributed by atoms with Crippen LogP contribution in [0.4, 0.5) is 8.78 Å². The second-order valence-corrected chi connectivity index (χ2v) is 4.42. The van der Waals surface area contributed by atoms with E-state index in [1.54, 1.807) is 0 Å². The maximum absolute atomic E-state index is 12.7.